The van der Waals surface area contributed by atoms with Crippen LogP contribution in [0.5, 0.6) is 0 Å². The SMILES string of the molecule is CC(CC(=O)N1CC2CCCC2C1C(=O)O)c1ccccc1. The van der Waals surface area contributed by atoms with Gasteiger partial charge in [0, 0.05) is 13.0 Å². The fourth-order valence-electron chi connectivity index (χ4n) is 4.16. The van der Waals surface area contributed by atoms with E-state index in [1.165, 1.54) is 0 Å². The van der Waals surface area contributed by atoms with Gasteiger partial charge in [-0.25, -0.2) is 4.79 Å². The van der Waals surface area contributed by atoms with E-state index in [-0.39, 0.29) is 17.7 Å². The predicted octanol–water partition coefficient (Wildman–Crippen LogP) is 2.89. The van der Waals surface area contributed by atoms with E-state index in [0.29, 0.717) is 18.9 Å². The summed E-state index contributed by atoms with van der Waals surface area (Å²) >= 11 is 0. The average molecular weight is 301 g/mol. The van der Waals surface area contributed by atoms with Gasteiger partial charge in [-0.05, 0) is 36.2 Å². The fraction of sp³-hybridized carbons (Fsp3) is 0.556. The van der Waals surface area contributed by atoms with E-state index in [9.17, 15) is 14.7 Å². The Bertz CT molecular complexity index is 557. The zero-order valence-electron chi connectivity index (χ0n) is 12.9. The quantitative estimate of drug-likeness (QED) is 0.930. The van der Waals surface area contributed by atoms with Gasteiger partial charge in [-0.3, -0.25) is 4.79 Å². The molecule has 4 atom stereocenters. The van der Waals surface area contributed by atoms with Crippen molar-refractivity contribution in [2.45, 2.75) is 44.6 Å². The Morgan fingerprint density at radius 3 is 2.68 bits per heavy atom. The van der Waals surface area contributed by atoms with Crippen LogP contribution in [0.1, 0.15) is 44.1 Å². The van der Waals surface area contributed by atoms with Gasteiger partial charge in [0.1, 0.15) is 6.04 Å². The Morgan fingerprint density at radius 2 is 2.00 bits per heavy atom. The van der Waals surface area contributed by atoms with Crippen molar-refractivity contribution in [3.05, 3.63) is 35.9 Å². The fourth-order valence-corrected chi connectivity index (χ4v) is 4.16. The van der Waals surface area contributed by atoms with Crippen molar-refractivity contribution < 1.29 is 14.7 Å². The summed E-state index contributed by atoms with van der Waals surface area (Å²) in [6, 6.07) is 9.33. The maximum atomic E-state index is 12.6. The molecule has 0 spiro atoms. The first-order chi connectivity index (χ1) is 10.6. The lowest BCUT2D eigenvalue weighted by Crippen LogP contribution is -2.43. The summed E-state index contributed by atoms with van der Waals surface area (Å²) in [4.78, 5) is 25.9. The number of benzene rings is 1. The van der Waals surface area contributed by atoms with Crippen molar-refractivity contribution in [3.63, 3.8) is 0 Å². The first-order valence-corrected chi connectivity index (χ1v) is 8.15. The lowest BCUT2D eigenvalue weighted by molar-refractivity contribution is -0.149. The molecule has 0 bridgehead atoms. The summed E-state index contributed by atoms with van der Waals surface area (Å²) < 4.78 is 0. The van der Waals surface area contributed by atoms with Crippen LogP contribution in [0, 0.1) is 11.8 Å². The molecule has 1 amide bonds. The highest BCUT2D eigenvalue weighted by molar-refractivity contribution is 5.85. The van der Waals surface area contributed by atoms with E-state index in [2.05, 4.69) is 0 Å². The zero-order chi connectivity index (χ0) is 15.7. The summed E-state index contributed by atoms with van der Waals surface area (Å²) in [7, 11) is 0. The molecule has 4 heteroatoms. The second kappa shape index (κ2) is 6.11. The van der Waals surface area contributed by atoms with Crippen LogP contribution in [0.25, 0.3) is 0 Å². The maximum Gasteiger partial charge on any atom is 0.326 e. The molecule has 1 aromatic rings. The smallest absolute Gasteiger partial charge is 0.326 e. The highest BCUT2D eigenvalue weighted by Gasteiger charge is 2.49. The van der Waals surface area contributed by atoms with Crippen molar-refractivity contribution in [3.8, 4) is 0 Å². The van der Waals surface area contributed by atoms with E-state index in [0.717, 1.165) is 24.8 Å². The molecule has 1 saturated carbocycles. The Hall–Kier alpha value is -1.84. The Morgan fingerprint density at radius 1 is 1.27 bits per heavy atom. The van der Waals surface area contributed by atoms with E-state index >= 15 is 0 Å². The molecule has 1 N–H and O–H groups in total. The summed E-state index contributed by atoms with van der Waals surface area (Å²) in [5, 5.41) is 9.54. The zero-order valence-corrected chi connectivity index (χ0v) is 12.9. The molecular weight excluding hydrogens is 278 g/mol. The first kappa shape index (κ1) is 15.1. The molecule has 0 radical (unpaired) electrons. The Kier molecular flexibility index (Phi) is 4.19. The average Bonchev–Trinajstić information content (AvgIpc) is 3.07. The lowest BCUT2D eigenvalue weighted by Gasteiger charge is -2.25. The van der Waals surface area contributed by atoms with Gasteiger partial charge >= 0.3 is 5.97 Å². The minimum absolute atomic E-state index is 0.0156. The van der Waals surface area contributed by atoms with Crippen LogP contribution < -0.4 is 0 Å². The topological polar surface area (TPSA) is 57.6 Å². The second-order valence-electron chi connectivity index (χ2n) is 6.70. The predicted molar refractivity (Wildman–Crippen MR) is 83.4 cm³/mol. The number of carboxylic acids is 1. The summed E-state index contributed by atoms with van der Waals surface area (Å²) in [6.07, 6.45) is 3.49. The largest absolute Gasteiger partial charge is 0.480 e. The van der Waals surface area contributed by atoms with E-state index in [4.69, 9.17) is 0 Å². The molecule has 4 nitrogen and oxygen atoms in total. The monoisotopic (exact) mass is 301 g/mol. The minimum Gasteiger partial charge on any atom is -0.480 e. The van der Waals surface area contributed by atoms with Crippen molar-refractivity contribution in [2.75, 3.05) is 6.54 Å². The van der Waals surface area contributed by atoms with Crippen LogP contribution in [0.3, 0.4) is 0 Å². The number of fused-ring (bicyclic) bond motifs is 1. The van der Waals surface area contributed by atoms with E-state index in [1.54, 1.807) is 4.90 Å². The molecule has 2 fully saturated rings. The number of nitrogens with zero attached hydrogens (tertiary/aromatic N) is 1. The number of amides is 1. The van der Waals surface area contributed by atoms with Crippen molar-refractivity contribution >= 4 is 11.9 Å². The number of likely N-dealkylation sites (tertiary alicyclic amines) is 1. The molecule has 1 heterocycles. The third-order valence-corrected chi connectivity index (χ3v) is 5.31. The molecule has 2 aliphatic rings. The number of aliphatic carboxylic acids is 1. The van der Waals surface area contributed by atoms with Crippen LogP contribution in [0.4, 0.5) is 0 Å². The second-order valence-corrected chi connectivity index (χ2v) is 6.70. The van der Waals surface area contributed by atoms with Crippen molar-refractivity contribution in [1.82, 2.24) is 4.90 Å². The van der Waals surface area contributed by atoms with Crippen LogP contribution in [0.2, 0.25) is 0 Å². The molecule has 0 aromatic heterocycles. The van der Waals surface area contributed by atoms with Crippen LogP contribution in [-0.4, -0.2) is 34.5 Å². The molecular formula is C18H23NO3. The van der Waals surface area contributed by atoms with E-state index in [1.807, 2.05) is 37.3 Å². The number of rotatable bonds is 4. The molecule has 118 valence electrons. The summed E-state index contributed by atoms with van der Waals surface area (Å²) in [6.45, 7) is 2.65. The number of carbonyl (C=O) groups excluding carboxylic acids is 1. The molecule has 3 rings (SSSR count). The molecule has 1 aliphatic heterocycles. The van der Waals surface area contributed by atoms with Gasteiger partial charge in [-0.15, -0.1) is 0 Å². The third-order valence-electron chi connectivity index (χ3n) is 5.31. The van der Waals surface area contributed by atoms with Gasteiger partial charge in [0.05, 0.1) is 0 Å². The number of carboxylic acid groups (broad SMARTS) is 1. The number of hydrogen-bond donors (Lipinski definition) is 1. The Labute approximate surface area is 131 Å². The molecule has 1 aliphatic carbocycles. The van der Waals surface area contributed by atoms with Crippen LogP contribution >= 0.6 is 0 Å². The number of hydrogen-bond acceptors (Lipinski definition) is 2. The first-order valence-electron chi connectivity index (χ1n) is 8.15. The van der Waals surface area contributed by atoms with Crippen LogP contribution in [-0.2, 0) is 9.59 Å². The van der Waals surface area contributed by atoms with Gasteiger partial charge in [-0.2, -0.15) is 0 Å². The highest BCUT2D eigenvalue weighted by atomic mass is 16.4. The summed E-state index contributed by atoms with van der Waals surface area (Å²) in [5.41, 5.74) is 1.13. The Balaban J connectivity index is 1.70. The maximum absolute atomic E-state index is 12.6. The van der Waals surface area contributed by atoms with Crippen LogP contribution in [0.15, 0.2) is 30.3 Å². The number of carbonyl (C=O) groups is 2. The van der Waals surface area contributed by atoms with Gasteiger partial charge in [0.2, 0.25) is 5.91 Å². The van der Waals surface area contributed by atoms with Gasteiger partial charge < -0.3 is 10.0 Å². The van der Waals surface area contributed by atoms with E-state index < -0.39 is 12.0 Å². The van der Waals surface area contributed by atoms with Gasteiger partial charge in [-0.1, -0.05) is 43.7 Å². The van der Waals surface area contributed by atoms with Crippen molar-refractivity contribution in [2.24, 2.45) is 11.8 Å². The van der Waals surface area contributed by atoms with Crippen molar-refractivity contribution in [1.29, 1.82) is 0 Å². The van der Waals surface area contributed by atoms with Gasteiger partial charge in [0.15, 0.2) is 0 Å². The standard InChI is InChI=1S/C18H23NO3/c1-12(13-6-3-2-4-7-13)10-16(20)19-11-14-8-5-9-15(14)17(19)18(21)22/h2-4,6-7,12,14-15,17H,5,8-11H2,1H3,(H,21,22). The molecule has 4 unspecified atom stereocenters. The lowest BCUT2D eigenvalue weighted by atomic mass is 9.94. The molecule has 1 aromatic carbocycles. The highest BCUT2D eigenvalue weighted by Crippen LogP contribution is 2.42. The molecule has 1 saturated heterocycles. The summed E-state index contributed by atoms with van der Waals surface area (Å²) in [5.74, 6) is -0.192. The third kappa shape index (κ3) is 2.74. The minimum atomic E-state index is -0.838. The molecule has 22 heavy (non-hydrogen) atoms. The van der Waals surface area contributed by atoms with Gasteiger partial charge in [0.25, 0.3) is 0 Å². The normalized spacial score (nSPS) is 28.4.